The van der Waals surface area contributed by atoms with Gasteiger partial charge in [-0.2, -0.15) is 0 Å². The quantitative estimate of drug-likeness (QED) is 0.320. The zero-order valence-corrected chi connectivity index (χ0v) is 20.5. The minimum Gasteiger partial charge on any atom is -0.444 e. The molecule has 3 aromatic rings. The van der Waals surface area contributed by atoms with Gasteiger partial charge in [-0.1, -0.05) is 60.7 Å². The second-order valence-corrected chi connectivity index (χ2v) is 9.02. The number of nitrogens with one attached hydrogen (secondary N) is 2. The Hall–Kier alpha value is -4.33. The molecule has 1 atom stereocenters. The van der Waals surface area contributed by atoms with E-state index in [0.717, 1.165) is 11.1 Å². The van der Waals surface area contributed by atoms with Crippen molar-refractivity contribution in [1.82, 2.24) is 5.32 Å². The maximum absolute atomic E-state index is 12.9. The standard InChI is InChI=1S/C28H30N2O6/c1-28(2,3)36-27(33)30-24(18-20-10-6-4-7-11-20)25(31)35-23-16-14-22(15-17-23)29-26(32)34-19-21-12-8-5-9-13-21/h4-17,24H,18-19H2,1-3H3,(H,29,32)(H,30,33)/t24-/m0/s1. The van der Waals surface area contributed by atoms with Crippen LogP contribution in [-0.4, -0.2) is 29.8 Å². The SMILES string of the molecule is CC(C)(C)OC(=O)N[C@@H](Cc1ccccc1)C(=O)Oc1ccc(NC(=O)OCc2ccccc2)cc1. The first-order valence-electron chi connectivity index (χ1n) is 11.5. The van der Waals surface area contributed by atoms with Crippen LogP contribution in [-0.2, 0) is 27.3 Å². The zero-order chi connectivity index (χ0) is 26.0. The van der Waals surface area contributed by atoms with E-state index in [-0.39, 0.29) is 18.8 Å². The van der Waals surface area contributed by atoms with E-state index < -0.39 is 29.8 Å². The summed E-state index contributed by atoms with van der Waals surface area (Å²) in [4.78, 5) is 37.3. The molecule has 0 radical (unpaired) electrons. The van der Waals surface area contributed by atoms with Crippen LogP contribution in [0.3, 0.4) is 0 Å². The Morgan fingerprint density at radius 3 is 1.94 bits per heavy atom. The second kappa shape index (κ2) is 12.4. The number of carbonyl (C=O) groups excluding carboxylic acids is 3. The van der Waals surface area contributed by atoms with Crippen LogP contribution in [0.25, 0.3) is 0 Å². The molecule has 8 nitrogen and oxygen atoms in total. The van der Waals surface area contributed by atoms with Gasteiger partial charge >= 0.3 is 18.2 Å². The summed E-state index contributed by atoms with van der Waals surface area (Å²) in [5.41, 5.74) is 1.49. The molecule has 0 aliphatic heterocycles. The summed E-state index contributed by atoms with van der Waals surface area (Å²) in [7, 11) is 0. The number of ether oxygens (including phenoxy) is 3. The Balaban J connectivity index is 1.58. The number of esters is 1. The highest BCUT2D eigenvalue weighted by Gasteiger charge is 2.26. The molecule has 3 aromatic carbocycles. The third kappa shape index (κ3) is 9.13. The average Bonchev–Trinajstić information content (AvgIpc) is 2.84. The summed E-state index contributed by atoms with van der Waals surface area (Å²) in [5, 5.41) is 5.22. The monoisotopic (exact) mass is 490 g/mol. The fourth-order valence-corrected chi connectivity index (χ4v) is 3.16. The van der Waals surface area contributed by atoms with E-state index in [1.54, 1.807) is 32.9 Å². The Labute approximate surface area is 210 Å². The van der Waals surface area contributed by atoms with Crippen molar-refractivity contribution in [3.05, 3.63) is 96.1 Å². The minimum absolute atomic E-state index is 0.149. The molecule has 0 unspecified atom stereocenters. The third-order valence-corrected chi connectivity index (χ3v) is 4.79. The molecule has 0 aliphatic carbocycles. The number of benzene rings is 3. The molecule has 36 heavy (non-hydrogen) atoms. The number of anilines is 1. The highest BCUT2D eigenvalue weighted by Crippen LogP contribution is 2.18. The van der Waals surface area contributed by atoms with Crippen LogP contribution in [0.15, 0.2) is 84.9 Å². The molecule has 188 valence electrons. The number of carbonyl (C=O) groups is 3. The molecule has 0 saturated heterocycles. The summed E-state index contributed by atoms with van der Waals surface area (Å²) >= 11 is 0. The fraction of sp³-hybridized carbons (Fsp3) is 0.250. The molecule has 0 saturated carbocycles. The van der Waals surface area contributed by atoms with E-state index in [1.807, 2.05) is 60.7 Å². The van der Waals surface area contributed by atoms with Gasteiger partial charge in [-0.15, -0.1) is 0 Å². The van der Waals surface area contributed by atoms with Crippen molar-refractivity contribution < 1.29 is 28.6 Å². The van der Waals surface area contributed by atoms with Gasteiger partial charge in [-0.05, 0) is 56.2 Å². The molecular formula is C28H30N2O6. The summed E-state index contributed by atoms with van der Waals surface area (Å²) < 4.78 is 16.0. The van der Waals surface area contributed by atoms with Crippen LogP contribution < -0.4 is 15.4 Å². The number of hydrogen-bond acceptors (Lipinski definition) is 6. The molecule has 2 N–H and O–H groups in total. The fourth-order valence-electron chi connectivity index (χ4n) is 3.16. The molecule has 0 aromatic heterocycles. The van der Waals surface area contributed by atoms with Crippen molar-refractivity contribution >= 4 is 23.8 Å². The Kier molecular flexibility index (Phi) is 9.05. The van der Waals surface area contributed by atoms with Gasteiger partial charge in [0.1, 0.15) is 24.0 Å². The van der Waals surface area contributed by atoms with Crippen molar-refractivity contribution in [2.45, 2.75) is 45.4 Å². The van der Waals surface area contributed by atoms with Gasteiger partial charge in [0.25, 0.3) is 0 Å². The normalized spacial score (nSPS) is 11.6. The van der Waals surface area contributed by atoms with Crippen LogP contribution in [0.1, 0.15) is 31.9 Å². The zero-order valence-electron chi connectivity index (χ0n) is 20.5. The number of alkyl carbamates (subject to hydrolysis) is 1. The van der Waals surface area contributed by atoms with Gasteiger partial charge in [0.2, 0.25) is 0 Å². The van der Waals surface area contributed by atoms with Crippen molar-refractivity contribution in [2.75, 3.05) is 5.32 Å². The minimum atomic E-state index is -0.965. The van der Waals surface area contributed by atoms with E-state index in [2.05, 4.69) is 10.6 Å². The highest BCUT2D eigenvalue weighted by molar-refractivity contribution is 5.85. The summed E-state index contributed by atoms with van der Waals surface area (Å²) in [6.07, 6.45) is -1.09. The molecule has 0 aliphatic rings. The van der Waals surface area contributed by atoms with Gasteiger partial charge < -0.3 is 19.5 Å². The van der Waals surface area contributed by atoms with Crippen LogP contribution in [0.5, 0.6) is 5.75 Å². The van der Waals surface area contributed by atoms with Gasteiger partial charge in [-0.3, -0.25) is 5.32 Å². The van der Waals surface area contributed by atoms with Crippen molar-refractivity contribution in [3.8, 4) is 5.75 Å². The molecule has 0 bridgehead atoms. The van der Waals surface area contributed by atoms with Crippen molar-refractivity contribution in [3.63, 3.8) is 0 Å². The molecule has 0 heterocycles. The second-order valence-electron chi connectivity index (χ2n) is 9.02. The lowest BCUT2D eigenvalue weighted by molar-refractivity contribution is -0.136. The van der Waals surface area contributed by atoms with Crippen molar-refractivity contribution in [2.24, 2.45) is 0 Å². The maximum Gasteiger partial charge on any atom is 0.411 e. The lowest BCUT2D eigenvalue weighted by atomic mass is 10.1. The lowest BCUT2D eigenvalue weighted by Crippen LogP contribution is -2.46. The summed E-state index contributed by atoms with van der Waals surface area (Å²) in [5.74, 6) is -0.389. The first-order chi connectivity index (χ1) is 17.2. The lowest BCUT2D eigenvalue weighted by Gasteiger charge is -2.23. The van der Waals surface area contributed by atoms with Crippen LogP contribution in [0, 0.1) is 0 Å². The molecule has 2 amide bonds. The number of amides is 2. The smallest absolute Gasteiger partial charge is 0.411 e. The molecule has 0 fully saturated rings. The predicted molar refractivity (Wildman–Crippen MR) is 136 cm³/mol. The van der Waals surface area contributed by atoms with E-state index >= 15 is 0 Å². The van der Waals surface area contributed by atoms with E-state index in [1.165, 1.54) is 12.1 Å². The number of hydrogen-bond donors (Lipinski definition) is 2. The Morgan fingerprint density at radius 2 is 1.36 bits per heavy atom. The summed E-state index contributed by atoms with van der Waals surface area (Å²) in [6, 6.07) is 23.9. The van der Waals surface area contributed by atoms with Gasteiger partial charge in [-0.25, -0.2) is 14.4 Å². The molecule has 3 rings (SSSR count). The van der Waals surface area contributed by atoms with Crippen LogP contribution >= 0.6 is 0 Å². The number of rotatable bonds is 8. The van der Waals surface area contributed by atoms with E-state index in [4.69, 9.17) is 14.2 Å². The molecular weight excluding hydrogens is 460 g/mol. The third-order valence-electron chi connectivity index (χ3n) is 4.79. The van der Waals surface area contributed by atoms with Crippen LogP contribution in [0.4, 0.5) is 15.3 Å². The first-order valence-corrected chi connectivity index (χ1v) is 11.5. The predicted octanol–water partition coefficient (Wildman–Crippen LogP) is 5.48. The largest absolute Gasteiger partial charge is 0.444 e. The topological polar surface area (TPSA) is 103 Å². The van der Waals surface area contributed by atoms with E-state index in [9.17, 15) is 14.4 Å². The first kappa shape index (κ1) is 26.3. The Morgan fingerprint density at radius 1 is 0.778 bits per heavy atom. The summed E-state index contributed by atoms with van der Waals surface area (Å²) in [6.45, 7) is 5.37. The maximum atomic E-state index is 12.9. The molecule has 0 spiro atoms. The van der Waals surface area contributed by atoms with E-state index in [0.29, 0.717) is 5.69 Å². The average molecular weight is 491 g/mol. The Bertz CT molecular complexity index is 1140. The highest BCUT2D eigenvalue weighted by atomic mass is 16.6. The van der Waals surface area contributed by atoms with Gasteiger partial charge in [0, 0.05) is 12.1 Å². The molecule has 8 heteroatoms. The van der Waals surface area contributed by atoms with Gasteiger partial charge in [0.15, 0.2) is 0 Å². The van der Waals surface area contributed by atoms with Gasteiger partial charge in [0.05, 0.1) is 0 Å². The van der Waals surface area contributed by atoms with Crippen molar-refractivity contribution in [1.29, 1.82) is 0 Å². The van der Waals surface area contributed by atoms with Crippen LogP contribution in [0.2, 0.25) is 0 Å².